The minimum absolute atomic E-state index is 0.0133. The fourth-order valence-corrected chi connectivity index (χ4v) is 1.83. The molecule has 0 aliphatic carbocycles. The van der Waals surface area contributed by atoms with Crippen LogP contribution in [0.5, 0.6) is 5.75 Å². The number of hydrogen-bond acceptors (Lipinski definition) is 2. The van der Waals surface area contributed by atoms with Gasteiger partial charge in [0, 0.05) is 16.9 Å². The Morgan fingerprint density at radius 1 is 1.38 bits per heavy atom. The second-order valence-electron chi connectivity index (χ2n) is 3.47. The molecule has 0 saturated heterocycles. The summed E-state index contributed by atoms with van der Waals surface area (Å²) in [6.07, 6.45) is -5.34. The zero-order chi connectivity index (χ0) is 12.3. The molecule has 0 aliphatic heterocycles. The van der Waals surface area contributed by atoms with Crippen molar-refractivity contribution < 1.29 is 18.3 Å². The van der Waals surface area contributed by atoms with E-state index >= 15 is 0 Å². The van der Waals surface area contributed by atoms with Gasteiger partial charge in [-0.3, -0.25) is 0 Å². The van der Waals surface area contributed by atoms with E-state index in [9.17, 15) is 18.3 Å². The van der Waals surface area contributed by atoms with Crippen LogP contribution in [0.4, 0.5) is 13.2 Å². The van der Waals surface area contributed by atoms with Crippen LogP contribution in [0.1, 0.15) is 24.4 Å². The number of halogens is 4. The molecule has 0 unspecified atom stereocenters. The average molecular weight is 298 g/mol. The molecule has 0 radical (unpaired) electrons. The maximum Gasteiger partial charge on any atom is 0.389 e. The Hall–Kier alpha value is -0.750. The van der Waals surface area contributed by atoms with E-state index in [0.29, 0.717) is 10.0 Å². The summed E-state index contributed by atoms with van der Waals surface area (Å²) < 4.78 is 36.6. The maximum absolute atomic E-state index is 12.0. The van der Waals surface area contributed by atoms with Crippen molar-refractivity contribution in [3.8, 4) is 5.75 Å². The lowest BCUT2D eigenvalue weighted by Crippen LogP contribution is -2.16. The maximum atomic E-state index is 12.0. The number of aromatic hydroxyl groups is 1. The van der Waals surface area contributed by atoms with E-state index in [4.69, 9.17) is 5.73 Å². The highest BCUT2D eigenvalue weighted by atomic mass is 79.9. The van der Waals surface area contributed by atoms with Gasteiger partial charge in [0.1, 0.15) is 5.75 Å². The van der Waals surface area contributed by atoms with Gasteiger partial charge in [0.05, 0.1) is 0 Å². The molecule has 0 bridgehead atoms. The quantitative estimate of drug-likeness (QED) is 0.897. The predicted molar refractivity (Wildman–Crippen MR) is 58.0 cm³/mol. The molecule has 0 amide bonds. The van der Waals surface area contributed by atoms with Crippen LogP contribution in [-0.2, 0) is 0 Å². The van der Waals surface area contributed by atoms with E-state index in [1.165, 1.54) is 12.1 Å². The van der Waals surface area contributed by atoms with Crippen molar-refractivity contribution in [3.63, 3.8) is 0 Å². The highest BCUT2D eigenvalue weighted by Crippen LogP contribution is 2.31. The number of rotatable bonds is 3. The third-order valence-electron chi connectivity index (χ3n) is 2.12. The van der Waals surface area contributed by atoms with Gasteiger partial charge < -0.3 is 10.8 Å². The van der Waals surface area contributed by atoms with Crippen LogP contribution in [0.25, 0.3) is 0 Å². The number of alkyl halides is 3. The highest BCUT2D eigenvalue weighted by Gasteiger charge is 2.28. The van der Waals surface area contributed by atoms with Crippen molar-refractivity contribution in [2.75, 3.05) is 0 Å². The summed E-state index contributed by atoms with van der Waals surface area (Å²) in [4.78, 5) is 0. The second kappa shape index (κ2) is 5.05. The number of hydrogen-bond donors (Lipinski definition) is 2. The Morgan fingerprint density at radius 2 is 2.00 bits per heavy atom. The fraction of sp³-hybridized carbons (Fsp3) is 0.400. The molecule has 0 heterocycles. The van der Waals surface area contributed by atoms with Crippen LogP contribution in [0.2, 0.25) is 0 Å². The van der Waals surface area contributed by atoms with E-state index < -0.39 is 18.6 Å². The minimum atomic E-state index is -4.21. The summed E-state index contributed by atoms with van der Waals surface area (Å²) in [5.41, 5.74) is 6.11. The third kappa shape index (κ3) is 4.02. The molecule has 1 atom stereocenters. The van der Waals surface area contributed by atoms with Crippen LogP contribution in [0.3, 0.4) is 0 Å². The first kappa shape index (κ1) is 13.3. The Balaban J connectivity index is 2.73. The predicted octanol–water partition coefficient (Wildman–Crippen LogP) is 3.50. The average Bonchev–Trinajstić information content (AvgIpc) is 2.17. The summed E-state index contributed by atoms with van der Waals surface area (Å²) in [6.45, 7) is 0. The topological polar surface area (TPSA) is 46.2 Å². The highest BCUT2D eigenvalue weighted by molar-refractivity contribution is 9.10. The van der Waals surface area contributed by atoms with Gasteiger partial charge in [0.25, 0.3) is 0 Å². The van der Waals surface area contributed by atoms with Crippen molar-refractivity contribution in [1.82, 2.24) is 0 Å². The van der Waals surface area contributed by atoms with Crippen molar-refractivity contribution >= 4 is 15.9 Å². The summed E-state index contributed by atoms with van der Waals surface area (Å²) >= 11 is 3.18. The van der Waals surface area contributed by atoms with Crippen LogP contribution >= 0.6 is 15.9 Å². The van der Waals surface area contributed by atoms with Gasteiger partial charge in [-0.2, -0.15) is 13.2 Å². The molecule has 0 spiro atoms. The molecule has 6 heteroatoms. The molecule has 3 N–H and O–H groups in total. The molecule has 90 valence electrons. The van der Waals surface area contributed by atoms with Gasteiger partial charge in [-0.05, 0) is 30.2 Å². The first-order valence-electron chi connectivity index (χ1n) is 4.60. The van der Waals surface area contributed by atoms with Crippen LogP contribution in [0.15, 0.2) is 22.7 Å². The summed E-state index contributed by atoms with van der Waals surface area (Å²) in [5, 5.41) is 9.22. The number of phenolic OH excluding ortho intramolecular Hbond substituents is 1. The lowest BCUT2D eigenvalue weighted by atomic mass is 10.0. The van der Waals surface area contributed by atoms with Crippen molar-refractivity contribution in [1.29, 1.82) is 0 Å². The molecule has 0 aromatic heterocycles. The molecule has 1 aromatic rings. The Morgan fingerprint density at radius 3 is 2.56 bits per heavy atom. The summed E-state index contributed by atoms with van der Waals surface area (Å²) in [5.74, 6) is -0.0133. The lowest BCUT2D eigenvalue weighted by Gasteiger charge is -2.15. The normalized spacial score (nSPS) is 13.8. The van der Waals surface area contributed by atoms with E-state index in [2.05, 4.69) is 15.9 Å². The van der Waals surface area contributed by atoms with Gasteiger partial charge in [-0.25, -0.2) is 0 Å². The summed E-state index contributed by atoms with van der Waals surface area (Å²) in [7, 11) is 0. The number of phenols is 1. The van der Waals surface area contributed by atoms with Crippen LogP contribution in [0, 0.1) is 0 Å². The lowest BCUT2D eigenvalue weighted by molar-refractivity contribution is -0.136. The minimum Gasteiger partial charge on any atom is -0.508 e. The molecule has 16 heavy (non-hydrogen) atoms. The molecular weight excluding hydrogens is 287 g/mol. The smallest absolute Gasteiger partial charge is 0.389 e. The molecule has 0 aliphatic rings. The molecule has 0 fully saturated rings. The molecule has 0 saturated carbocycles. The fourth-order valence-electron chi connectivity index (χ4n) is 1.29. The van der Waals surface area contributed by atoms with Gasteiger partial charge in [-0.1, -0.05) is 15.9 Å². The van der Waals surface area contributed by atoms with E-state index in [0.717, 1.165) is 0 Å². The second-order valence-corrected chi connectivity index (χ2v) is 4.32. The first-order chi connectivity index (χ1) is 7.29. The van der Waals surface area contributed by atoms with E-state index in [1.54, 1.807) is 6.07 Å². The van der Waals surface area contributed by atoms with Crippen LogP contribution in [-0.4, -0.2) is 11.3 Å². The standard InChI is InChI=1S/C10H11BrF3NO/c11-8-2-1-6(16)5-7(8)9(15)3-4-10(12,13)14/h1-2,5,9,16H,3-4,15H2/t9-/m0/s1. The number of benzene rings is 1. The summed E-state index contributed by atoms with van der Waals surface area (Å²) in [6, 6.07) is 3.61. The van der Waals surface area contributed by atoms with Crippen molar-refractivity contribution in [3.05, 3.63) is 28.2 Å². The molecular formula is C10H11BrF3NO. The zero-order valence-electron chi connectivity index (χ0n) is 8.26. The van der Waals surface area contributed by atoms with Crippen molar-refractivity contribution in [2.24, 2.45) is 5.73 Å². The van der Waals surface area contributed by atoms with Gasteiger partial charge in [-0.15, -0.1) is 0 Å². The van der Waals surface area contributed by atoms with Gasteiger partial charge in [0.2, 0.25) is 0 Å². The van der Waals surface area contributed by atoms with Gasteiger partial charge >= 0.3 is 6.18 Å². The molecule has 2 nitrogen and oxygen atoms in total. The molecule has 1 rings (SSSR count). The SMILES string of the molecule is N[C@@H](CCC(F)(F)F)c1cc(O)ccc1Br. The van der Waals surface area contributed by atoms with Crippen molar-refractivity contribution in [2.45, 2.75) is 25.1 Å². The largest absolute Gasteiger partial charge is 0.508 e. The third-order valence-corrected chi connectivity index (χ3v) is 2.84. The Bertz CT molecular complexity index is 368. The van der Waals surface area contributed by atoms with Gasteiger partial charge in [0.15, 0.2) is 0 Å². The monoisotopic (exact) mass is 297 g/mol. The zero-order valence-corrected chi connectivity index (χ0v) is 9.85. The Kier molecular flexibility index (Phi) is 4.21. The van der Waals surface area contributed by atoms with E-state index in [1.807, 2.05) is 0 Å². The number of nitrogens with two attached hydrogens (primary N) is 1. The van der Waals surface area contributed by atoms with Crippen LogP contribution < -0.4 is 5.73 Å². The Labute approximate surface area is 99.4 Å². The van der Waals surface area contributed by atoms with E-state index in [-0.39, 0.29) is 12.2 Å². The first-order valence-corrected chi connectivity index (χ1v) is 5.39. The molecule has 1 aromatic carbocycles.